The Morgan fingerprint density at radius 1 is 1.04 bits per heavy atom. The van der Waals surface area contributed by atoms with Gasteiger partial charge < -0.3 is 10.6 Å². The van der Waals surface area contributed by atoms with E-state index in [1.807, 2.05) is 0 Å². The van der Waals surface area contributed by atoms with E-state index in [1.54, 1.807) is 25.1 Å². The summed E-state index contributed by atoms with van der Waals surface area (Å²) < 4.78 is 0. The zero-order chi connectivity index (χ0) is 17.9. The summed E-state index contributed by atoms with van der Waals surface area (Å²) >= 11 is 11.5. The topological polar surface area (TPSA) is 101 Å². The summed E-state index contributed by atoms with van der Waals surface area (Å²) in [6, 6.07) is 8.46. The normalized spacial score (nSPS) is 10.1. The van der Waals surface area contributed by atoms with Crippen molar-refractivity contribution >= 4 is 52.1 Å². The monoisotopic (exact) mass is 367 g/mol. The van der Waals surface area contributed by atoms with Gasteiger partial charge in [-0.1, -0.05) is 23.2 Å². The number of nitrogens with one attached hydrogen (secondary N) is 2. The van der Waals surface area contributed by atoms with Crippen LogP contribution in [0.1, 0.15) is 5.56 Å². The third kappa shape index (κ3) is 4.21. The Balaban J connectivity index is 2.10. The van der Waals surface area contributed by atoms with Gasteiger partial charge in [0.05, 0.1) is 4.92 Å². The van der Waals surface area contributed by atoms with Gasteiger partial charge in [0.25, 0.3) is 5.69 Å². The number of carbonyl (C=O) groups excluding carboxylic acids is 2. The van der Waals surface area contributed by atoms with Crippen molar-refractivity contribution in [1.29, 1.82) is 0 Å². The summed E-state index contributed by atoms with van der Waals surface area (Å²) in [6.45, 7) is 1.72. The van der Waals surface area contributed by atoms with Crippen LogP contribution in [0.4, 0.5) is 17.1 Å². The molecule has 0 aromatic heterocycles. The molecule has 0 unspecified atom stereocenters. The van der Waals surface area contributed by atoms with E-state index in [0.29, 0.717) is 16.3 Å². The number of halogens is 2. The molecule has 0 aliphatic heterocycles. The lowest BCUT2D eigenvalue weighted by Gasteiger charge is -2.09. The molecule has 0 bridgehead atoms. The van der Waals surface area contributed by atoms with Crippen LogP contribution in [-0.4, -0.2) is 16.7 Å². The van der Waals surface area contributed by atoms with E-state index < -0.39 is 16.7 Å². The van der Waals surface area contributed by atoms with Crippen molar-refractivity contribution in [2.24, 2.45) is 0 Å². The summed E-state index contributed by atoms with van der Waals surface area (Å²) in [6.07, 6.45) is 0. The van der Waals surface area contributed by atoms with Crippen molar-refractivity contribution < 1.29 is 14.5 Å². The van der Waals surface area contributed by atoms with Crippen molar-refractivity contribution in [1.82, 2.24) is 0 Å². The number of hydrogen-bond acceptors (Lipinski definition) is 4. The standard InChI is InChI=1S/C15H11Cl2N3O4/c1-8-6-9(16)2-5-12(8)19-15(22)14(21)18-10-3-4-11(17)13(7-10)20(23)24/h2-7H,1H3,(H,18,21)(H,19,22). The Hall–Kier alpha value is -2.64. The van der Waals surface area contributed by atoms with Gasteiger partial charge in [-0.05, 0) is 42.8 Å². The van der Waals surface area contributed by atoms with Crippen LogP contribution in [-0.2, 0) is 9.59 Å². The lowest BCUT2D eigenvalue weighted by atomic mass is 10.2. The van der Waals surface area contributed by atoms with Crippen molar-refractivity contribution in [2.45, 2.75) is 6.92 Å². The van der Waals surface area contributed by atoms with E-state index in [0.717, 1.165) is 6.07 Å². The smallest absolute Gasteiger partial charge is 0.314 e. The number of aryl methyl sites for hydroxylation is 1. The molecule has 24 heavy (non-hydrogen) atoms. The molecule has 0 radical (unpaired) electrons. The zero-order valence-corrected chi connectivity index (χ0v) is 13.8. The van der Waals surface area contributed by atoms with E-state index in [1.165, 1.54) is 12.1 Å². The van der Waals surface area contributed by atoms with Crippen LogP contribution < -0.4 is 10.6 Å². The third-order valence-corrected chi connectivity index (χ3v) is 3.60. The Morgan fingerprint density at radius 3 is 2.33 bits per heavy atom. The second-order valence-electron chi connectivity index (χ2n) is 4.79. The highest BCUT2D eigenvalue weighted by Crippen LogP contribution is 2.27. The van der Waals surface area contributed by atoms with Crippen molar-refractivity contribution in [3.05, 3.63) is 62.1 Å². The predicted octanol–water partition coefficient (Wildman–Crippen LogP) is 3.79. The molecule has 124 valence electrons. The lowest BCUT2D eigenvalue weighted by Crippen LogP contribution is -2.29. The average molecular weight is 368 g/mol. The Labute approximate surface area is 146 Å². The molecule has 2 N–H and O–H groups in total. The Bertz CT molecular complexity index is 839. The maximum Gasteiger partial charge on any atom is 0.314 e. The number of nitro benzene ring substituents is 1. The Kier molecular flexibility index (Phi) is 5.38. The molecule has 0 aliphatic carbocycles. The van der Waals surface area contributed by atoms with Gasteiger partial charge in [-0.25, -0.2) is 0 Å². The summed E-state index contributed by atoms with van der Waals surface area (Å²) in [7, 11) is 0. The summed E-state index contributed by atoms with van der Waals surface area (Å²) in [5.41, 5.74) is 0.829. The predicted molar refractivity (Wildman–Crippen MR) is 91.6 cm³/mol. The quantitative estimate of drug-likeness (QED) is 0.489. The van der Waals surface area contributed by atoms with E-state index >= 15 is 0 Å². The minimum atomic E-state index is -0.971. The van der Waals surface area contributed by atoms with Crippen LogP contribution in [0.5, 0.6) is 0 Å². The van der Waals surface area contributed by atoms with Gasteiger partial charge in [-0.2, -0.15) is 0 Å². The van der Waals surface area contributed by atoms with Crippen LogP contribution >= 0.6 is 23.2 Å². The molecule has 9 heteroatoms. The fourth-order valence-corrected chi connectivity index (χ4v) is 2.28. The molecule has 0 aliphatic rings. The minimum Gasteiger partial charge on any atom is -0.318 e. The first kappa shape index (κ1) is 17.7. The SMILES string of the molecule is Cc1cc(Cl)ccc1NC(=O)C(=O)Nc1ccc(Cl)c([N+](=O)[O-])c1. The summed E-state index contributed by atoms with van der Waals surface area (Å²) in [4.78, 5) is 34.0. The fraction of sp³-hybridized carbons (Fsp3) is 0.0667. The number of hydrogen-bond donors (Lipinski definition) is 2. The molecular formula is C15H11Cl2N3O4. The Morgan fingerprint density at radius 2 is 1.71 bits per heavy atom. The minimum absolute atomic E-state index is 0.0701. The van der Waals surface area contributed by atoms with Gasteiger partial charge in [-0.15, -0.1) is 0 Å². The second-order valence-corrected chi connectivity index (χ2v) is 5.63. The second kappa shape index (κ2) is 7.29. The van der Waals surface area contributed by atoms with Crippen LogP contribution in [0, 0.1) is 17.0 Å². The first-order valence-electron chi connectivity index (χ1n) is 6.60. The van der Waals surface area contributed by atoms with Gasteiger partial charge in [0.1, 0.15) is 5.02 Å². The maximum atomic E-state index is 11.9. The number of nitrogens with zero attached hydrogens (tertiary/aromatic N) is 1. The van der Waals surface area contributed by atoms with E-state index in [2.05, 4.69) is 10.6 Å². The average Bonchev–Trinajstić information content (AvgIpc) is 2.51. The molecule has 0 heterocycles. The fourth-order valence-electron chi connectivity index (χ4n) is 1.86. The first-order valence-corrected chi connectivity index (χ1v) is 7.36. The molecule has 7 nitrogen and oxygen atoms in total. The first-order chi connectivity index (χ1) is 11.3. The van der Waals surface area contributed by atoms with Gasteiger partial charge in [-0.3, -0.25) is 19.7 Å². The van der Waals surface area contributed by atoms with Crippen molar-refractivity contribution in [2.75, 3.05) is 10.6 Å². The molecule has 0 atom stereocenters. The third-order valence-electron chi connectivity index (χ3n) is 3.04. The van der Waals surface area contributed by atoms with Gasteiger partial charge in [0, 0.05) is 22.5 Å². The molecule has 0 saturated carbocycles. The molecular weight excluding hydrogens is 357 g/mol. The van der Waals surface area contributed by atoms with E-state index in [9.17, 15) is 19.7 Å². The zero-order valence-electron chi connectivity index (χ0n) is 12.3. The molecule has 2 amide bonds. The highest BCUT2D eigenvalue weighted by atomic mass is 35.5. The highest BCUT2D eigenvalue weighted by molar-refractivity contribution is 6.44. The lowest BCUT2D eigenvalue weighted by molar-refractivity contribution is -0.384. The molecule has 2 aromatic rings. The van der Waals surface area contributed by atoms with E-state index in [-0.39, 0.29) is 16.4 Å². The van der Waals surface area contributed by atoms with Gasteiger partial charge in [0.2, 0.25) is 0 Å². The number of nitro groups is 1. The molecule has 2 rings (SSSR count). The number of carbonyl (C=O) groups is 2. The number of anilines is 2. The number of rotatable bonds is 3. The maximum absolute atomic E-state index is 11.9. The van der Waals surface area contributed by atoms with Crippen molar-refractivity contribution in [3.8, 4) is 0 Å². The largest absolute Gasteiger partial charge is 0.318 e. The molecule has 2 aromatic carbocycles. The van der Waals surface area contributed by atoms with Crippen molar-refractivity contribution in [3.63, 3.8) is 0 Å². The number of amides is 2. The molecule has 0 fully saturated rings. The van der Waals surface area contributed by atoms with Gasteiger partial charge in [0.15, 0.2) is 0 Å². The van der Waals surface area contributed by atoms with Crippen LogP contribution in [0.25, 0.3) is 0 Å². The summed E-state index contributed by atoms with van der Waals surface area (Å²) in [5, 5.41) is 16.0. The molecule has 0 saturated heterocycles. The van der Waals surface area contributed by atoms with E-state index in [4.69, 9.17) is 23.2 Å². The van der Waals surface area contributed by atoms with Crippen LogP contribution in [0.3, 0.4) is 0 Å². The molecule has 0 spiro atoms. The van der Waals surface area contributed by atoms with Crippen LogP contribution in [0.2, 0.25) is 10.0 Å². The van der Waals surface area contributed by atoms with Crippen LogP contribution in [0.15, 0.2) is 36.4 Å². The highest BCUT2D eigenvalue weighted by Gasteiger charge is 2.18. The van der Waals surface area contributed by atoms with Gasteiger partial charge >= 0.3 is 11.8 Å². The summed E-state index contributed by atoms with van der Waals surface area (Å²) in [5.74, 6) is -1.89. The number of benzene rings is 2.